The fraction of sp³-hybridized carbons (Fsp3) is 0.915. The summed E-state index contributed by atoms with van der Waals surface area (Å²) in [5.74, 6) is 0. The predicted octanol–water partition coefficient (Wildman–Crippen LogP) is 15.8. The van der Waals surface area contributed by atoms with Gasteiger partial charge in [0.05, 0.1) is 31.8 Å². The summed E-state index contributed by atoms with van der Waals surface area (Å²) in [6.07, 6.45) is 5.06. The number of hydrogen-bond acceptors (Lipinski definition) is 6. The smallest absolute Gasteiger partial charge is 0.412 e. The van der Waals surface area contributed by atoms with Gasteiger partial charge in [0.2, 0.25) is 25.0 Å². The Labute approximate surface area is 391 Å². The first-order valence-electron chi connectivity index (χ1n) is 24.2. The molecule has 364 valence electrons. The molecule has 0 aromatic carbocycles. The van der Waals surface area contributed by atoms with E-state index in [1.165, 1.54) is 0 Å². The van der Waals surface area contributed by atoms with Gasteiger partial charge >= 0.3 is 8.80 Å². The van der Waals surface area contributed by atoms with Crippen molar-refractivity contribution in [1.82, 2.24) is 0 Å². The second-order valence-corrected chi connectivity index (χ2v) is 62.5. The van der Waals surface area contributed by atoms with Crippen LogP contribution in [0.15, 0.2) is 24.6 Å². The summed E-state index contributed by atoms with van der Waals surface area (Å²) < 4.78 is 48.1. The summed E-state index contributed by atoms with van der Waals surface area (Å²) in [7, 11) is -20.3. The molecule has 0 radical (unpaired) electrons. The molecule has 0 saturated carbocycles. The minimum atomic E-state index is -3.96. The van der Waals surface area contributed by atoms with E-state index in [9.17, 15) is 0 Å². The van der Waals surface area contributed by atoms with Crippen molar-refractivity contribution in [3.63, 3.8) is 0 Å². The van der Waals surface area contributed by atoms with Gasteiger partial charge in [0.15, 0.2) is 0 Å². The Morgan fingerprint density at radius 1 is 0.361 bits per heavy atom. The van der Waals surface area contributed by atoms with Gasteiger partial charge in [0, 0.05) is 20.3 Å². The topological polar surface area (TPSA) is 55.4 Å². The van der Waals surface area contributed by atoms with Crippen LogP contribution in [-0.4, -0.2) is 97.4 Å². The molecule has 5 atom stereocenters. The molecule has 14 heteroatoms. The van der Waals surface area contributed by atoms with E-state index in [0.717, 1.165) is 38.5 Å². The standard InChI is InChI=1S/C47H108O6Si8/c1-33-43(13,56(23,24)39-7)50-58(27,28)42(11,12)49-61(46(16,36-4)55(20,21)22,53-47(37-5,38-6)60(31,32)48-41(9,10)54(17,18)19)52-45(15,35-3)59(29,30)51-44(14,34-2)57(25,26)40-8/h39-40H,7-8,33-38H2,1-6,9-32H3. The Morgan fingerprint density at radius 2 is 0.721 bits per heavy atom. The van der Waals surface area contributed by atoms with Crippen LogP contribution in [0, 0.1) is 0 Å². The molecule has 0 aromatic heterocycles. The Hall–Kier alpha value is 0.975. The van der Waals surface area contributed by atoms with Crippen molar-refractivity contribution in [2.45, 2.75) is 276 Å². The highest BCUT2D eigenvalue weighted by atomic mass is 28.4. The van der Waals surface area contributed by atoms with E-state index in [0.29, 0.717) is 0 Å². The highest BCUT2D eigenvalue weighted by Gasteiger charge is 2.73. The monoisotopic (exact) mass is 993 g/mol. The van der Waals surface area contributed by atoms with Crippen LogP contribution in [0.1, 0.15) is 135 Å². The molecule has 0 spiro atoms. The van der Waals surface area contributed by atoms with Gasteiger partial charge in [-0.15, -0.1) is 13.2 Å². The normalized spacial score (nSPS) is 19.9. The molecule has 0 aliphatic rings. The molecule has 0 N–H and O–H groups in total. The third kappa shape index (κ3) is 12.0. The molecule has 0 bridgehead atoms. The van der Waals surface area contributed by atoms with Gasteiger partial charge in [-0.25, -0.2) is 0 Å². The lowest BCUT2D eigenvalue weighted by atomic mass is 10.2. The lowest BCUT2D eigenvalue weighted by Crippen LogP contribution is -2.78. The molecule has 6 nitrogen and oxygen atoms in total. The third-order valence-electron chi connectivity index (χ3n) is 18.1. The van der Waals surface area contributed by atoms with Gasteiger partial charge in [-0.05, 0) is 126 Å². The maximum absolute atomic E-state index is 8.54. The van der Waals surface area contributed by atoms with Gasteiger partial charge in [-0.3, -0.25) is 0 Å². The summed E-state index contributed by atoms with van der Waals surface area (Å²) in [6.45, 7) is 80.0. The van der Waals surface area contributed by atoms with E-state index < -0.39 is 86.4 Å². The molecule has 0 amide bonds. The average Bonchev–Trinajstić information content (AvgIpc) is 3.10. The Bertz CT molecular complexity index is 1460. The van der Waals surface area contributed by atoms with Crippen LogP contribution >= 0.6 is 0 Å². The zero-order valence-corrected chi connectivity index (χ0v) is 54.8. The Morgan fingerprint density at radius 3 is 1.00 bits per heavy atom. The zero-order valence-electron chi connectivity index (χ0n) is 46.8. The number of rotatable bonds is 28. The van der Waals surface area contributed by atoms with Crippen molar-refractivity contribution in [3.05, 3.63) is 24.6 Å². The van der Waals surface area contributed by atoms with Crippen molar-refractivity contribution in [2.75, 3.05) is 0 Å². The lowest BCUT2D eigenvalue weighted by Gasteiger charge is -2.62. The largest absolute Gasteiger partial charge is 0.505 e. The van der Waals surface area contributed by atoms with Crippen LogP contribution in [-0.2, 0) is 26.6 Å². The van der Waals surface area contributed by atoms with Crippen molar-refractivity contribution >= 4 is 66.1 Å². The fourth-order valence-corrected chi connectivity index (χ4v) is 36.7. The van der Waals surface area contributed by atoms with E-state index in [1.807, 2.05) is 0 Å². The van der Waals surface area contributed by atoms with Crippen molar-refractivity contribution in [2.24, 2.45) is 0 Å². The van der Waals surface area contributed by atoms with Crippen LogP contribution in [0.5, 0.6) is 0 Å². The quantitative estimate of drug-likeness (QED) is 0.0728. The number of hydrogen-bond donors (Lipinski definition) is 0. The first kappa shape index (κ1) is 62.0. The predicted molar refractivity (Wildman–Crippen MR) is 293 cm³/mol. The molecule has 0 aromatic rings. The van der Waals surface area contributed by atoms with Crippen LogP contribution in [0.2, 0.25) is 109 Å². The maximum Gasteiger partial charge on any atom is 0.505 e. The molecule has 5 unspecified atom stereocenters. The zero-order chi connectivity index (χ0) is 49.4. The van der Waals surface area contributed by atoms with Crippen LogP contribution < -0.4 is 0 Å². The van der Waals surface area contributed by atoms with Crippen LogP contribution in [0.25, 0.3) is 0 Å². The van der Waals surface area contributed by atoms with Gasteiger partial charge in [-0.2, -0.15) is 0 Å². The van der Waals surface area contributed by atoms with E-state index in [2.05, 4.69) is 226 Å². The Balaban J connectivity index is 9.10. The fourth-order valence-electron chi connectivity index (χ4n) is 8.60. The van der Waals surface area contributed by atoms with Gasteiger partial charge in [-0.1, -0.05) is 125 Å². The summed E-state index contributed by atoms with van der Waals surface area (Å²) in [6, 6.07) is 0. The minimum absolute atomic E-state index is 0.262. The second kappa shape index (κ2) is 19.9. The van der Waals surface area contributed by atoms with Crippen molar-refractivity contribution in [1.29, 1.82) is 0 Å². The highest BCUT2D eigenvalue weighted by molar-refractivity contribution is 6.94. The summed E-state index contributed by atoms with van der Waals surface area (Å²) >= 11 is 0. The molecule has 61 heavy (non-hydrogen) atoms. The summed E-state index contributed by atoms with van der Waals surface area (Å²) in [5.41, 5.74) is 4.40. The summed E-state index contributed by atoms with van der Waals surface area (Å²) in [4.78, 5) is 0. The molecule has 0 aliphatic heterocycles. The van der Waals surface area contributed by atoms with Crippen molar-refractivity contribution in [3.8, 4) is 0 Å². The molecular formula is C47H108O6Si8. The average molecular weight is 994 g/mol. The van der Waals surface area contributed by atoms with Crippen molar-refractivity contribution < 1.29 is 26.6 Å². The van der Waals surface area contributed by atoms with E-state index >= 15 is 0 Å². The maximum atomic E-state index is 8.54. The van der Waals surface area contributed by atoms with Gasteiger partial charge in [0.1, 0.15) is 16.1 Å². The molecule has 0 fully saturated rings. The second-order valence-electron chi connectivity index (χ2n) is 25.2. The molecule has 0 rings (SSSR count). The first-order chi connectivity index (χ1) is 26.7. The Kier molecular flexibility index (Phi) is 20.2. The molecule has 0 aliphatic carbocycles. The first-order valence-corrected chi connectivity index (χ1v) is 47.8. The van der Waals surface area contributed by atoms with E-state index in [4.69, 9.17) is 26.6 Å². The van der Waals surface area contributed by atoms with E-state index in [1.54, 1.807) is 0 Å². The molecular weight excluding hydrogens is 885 g/mol. The van der Waals surface area contributed by atoms with Gasteiger partial charge < -0.3 is 26.6 Å². The highest BCUT2D eigenvalue weighted by Crippen LogP contribution is 2.58. The van der Waals surface area contributed by atoms with Crippen LogP contribution in [0.4, 0.5) is 0 Å². The summed E-state index contributed by atoms with van der Waals surface area (Å²) in [5, 5.41) is -2.90. The van der Waals surface area contributed by atoms with E-state index in [-0.39, 0.29) is 15.7 Å². The minimum Gasteiger partial charge on any atom is -0.412 e. The lowest BCUT2D eigenvalue weighted by molar-refractivity contribution is -0.0802. The SMILES string of the molecule is C=C[Si](C)(C)C(C)(CC)O[Si](C)(C)C(C)(C)O[Si](OC(C)(CC)[Si](C)(C)OC(C)(CC)[Si](C)(C)C=C)(OC(CC)(CC)[Si](C)(C)OC(C)(C)[Si](C)(C)C)C(C)(CC)[Si](C)(C)C. The molecule has 0 saturated heterocycles. The van der Waals surface area contributed by atoms with Crippen LogP contribution in [0.3, 0.4) is 0 Å². The third-order valence-corrected chi connectivity index (χ3v) is 54.1. The van der Waals surface area contributed by atoms with Gasteiger partial charge in [0.25, 0.3) is 0 Å². The molecule has 0 heterocycles.